The monoisotopic (exact) mass is 268 g/mol. The average molecular weight is 268 g/mol. The first-order valence-corrected chi connectivity index (χ1v) is 7.28. The van der Waals surface area contributed by atoms with Crippen LogP contribution in [0.15, 0.2) is 0 Å². The molecule has 0 heterocycles. The fourth-order valence-corrected chi connectivity index (χ4v) is 3.79. The van der Waals surface area contributed by atoms with E-state index < -0.39 is 5.97 Å². The number of likely N-dealkylation sites (N-methyl/N-ethyl adjacent to an activating group) is 1. The van der Waals surface area contributed by atoms with Crippen LogP contribution in [0, 0.1) is 17.8 Å². The Hall–Kier alpha value is -1.26. The number of nitrogens with one attached hydrogen (secondary N) is 1. The number of hydrogen-bond acceptors (Lipinski definition) is 2. The van der Waals surface area contributed by atoms with Crippen molar-refractivity contribution < 1.29 is 14.7 Å². The molecule has 2 N–H and O–H groups in total. The summed E-state index contributed by atoms with van der Waals surface area (Å²) in [6.45, 7) is 4.04. The van der Waals surface area contributed by atoms with Crippen molar-refractivity contribution in [1.29, 1.82) is 0 Å². The molecule has 2 rings (SSSR count). The van der Waals surface area contributed by atoms with Crippen molar-refractivity contribution in [2.45, 2.75) is 45.6 Å². The third-order valence-electron chi connectivity index (χ3n) is 4.78. The van der Waals surface area contributed by atoms with E-state index in [0.29, 0.717) is 12.5 Å². The van der Waals surface area contributed by atoms with Crippen LogP contribution in [-0.2, 0) is 4.79 Å². The fourth-order valence-electron chi connectivity index (χ4n) is 3.79. The molecular weight excluding hydrogens is 244 g/mol. The van der Waals surface area contributed by atoms with E-state index >= 15 is 0 Å². The summed E-state index contributed by atoms with van der Waals surface area (Å²) in [6, 6.07) is -0.106. The summed E-state index contributed by atoms with van der Waals surface area (Å²) in [5.74, 6) is 1.22. The molecule has 0 aromatic heterocycles. The number of amides is 2. The molecule has 4 unspecified atom stereocenters. The van der Waals surface area contributed by atoms with Crippen molar-refractivity contribution in [2.75, 3.05) is 13.1 Å². The molecule has 2 saturated carbocycles. The Morgan fingerprint density at radius 3 is 2.58 bits per heavy atom. The van der Waals surface area contributed by atoms with Crippen molar-refractivity contribution in [3.63, 3.8) is 0 Å². The molecule has 0 saturated heterocycles. The van der Waals surface area contributed by atoms with Gasteiger partial charge in [0.1, 0.15) is 6.54 Å². The molecule has 19 heavy (non-hydrogen) atoms. The number of carboxylic acid groups (broad SMARTS) is 1. The van der Waals surface area contributed by atoms with Gasteiger partial charge in [0.15, 0.2) is 0 Å². The summed E-state index contributed by atoms with van der Waals surface area (Å²) in [5.41, 5.74) is 0. The largest absolute Gasteiger partial charge is 0.480 e. The molecule has 0 aromatic rings. The molecule has 2 fully saturated rings. The van der Waals surface area contributed by atoms with E-state index in [4.69, 9.17) is 5.11 Å². The van der Waals surface area contributed by atoms with Crippen LogP contribution in [0.4, 0.5) is 4.79 Å². The minimum absolute atomic E-state index is 0.144. The summed E-state index contributed by atoms with van der Waals surface area (Å²) in [4.78, 5) is 24.1. The highest BCUT2D eigenvalue weighted by Crippen LogP contribution is 2.49. The van der Waals surface area contributed by atoms with E-state index in [1.165, 1.54) is 30.6 Å². The predicted octanol–water partition coefficient (Wildman–Crippen LogP) is 1.93. The maximum atomic E-state index is 12.0. The van der Waals surface area contributed by atoms with Gasteiger partial charge in [-0.3, -0.25) is 4.79 Å². The molecule has 0 radical (unpaired) electrons. The summed E-state index contributed by atoms with van der Waals surface area (Å²) >= 11 is 0. The lowest BCUT2D eigenvalue weighted by Gasteiger charge is -2.30. The number of fused-ring (bicyclic) bond motifs is 2. The van der Waals surface area contributed by atoms with Crippen LogP contribution < -0.4 is 5.32 Å². The maximum Gasteiger partial charge on any atom is 0.323 e. The van der Waals surface area contributed by atoms with E-state index in [-0.39, 0.29) is 18.6 Å². The number of nitrogens with zero attached hydrogens (tertiary/aromatic N) is 1. The quantitative estimate of drug-likeness (QED) is 0.800. The molecule has 2 amide bonds. The van der Waals surface area contributed by atoms with Gasteiger partial charge in [0.2, 0.25) is 0 Å². The van der Waals surface area contributed by atoms with Crippen LogP contribution in [0.5, 0.6) is 0 Å². The highest BCUT2D eigenvalue weighted by Gasteiger charge is 2.42. The van der Waals surface area contributed by atoms with Crippen LogP contribution in [-0.4, -0.2) is 41.1 Å². The number of carboxylic acids is 1. The maximum absolute atomic E-state index is 12.0. The Kier molecular flexibility index (Phi) is 4.32. The van der Waals surface area contributed by atoms with Crippen molar-refractivity contribution >= 4 is 12.0 Å². The fraction of sp³-hybridized carbons (Fsp3) is 0.857. The number of hydrogen-bond donors (Lipinski definition) is 2. The smallest absolute Gasteiger partial charge is 0.323 e. The Morgan fingerprint density at radius 2 is 2.11 bits per heavy atom. The van der Waals surface area contributed by atoms with Crippen LogP contribution in [0.1, 0.15) is 39.5 Å². The Labute approximate surface area is 114 Å². The van der Waals surface area contributed by atoms with Gasteiger partial charge in [-0.15, -0.1) is 0 Å². The molecule has 2 bridgehead atoms. The second-order valence-electron chi connectivity index (χ2n) is 5.98. The van der Waals surface area contributed by atoms with Gasteiger partial charge in [0.25, 0.3) is 0 Å². The van der Waals surface area contributed by atoms with E-state index in [1.807, 2.05) is 0 Å². The first-order valence-electron chi connectivity index (χ1n) is 7.28. The second kappa shape index (κ2) is 5.80. The van der Waals surface area contributed by atoms with Gasteiger partial charge >= 0.3 is 12.0 Å². The van der Waals surface area contributed by atoms with Crippen LogP contribution in [0.3, 0.4) is 0 Å². The zero-order chi connectivity index (χ0) is 14.0. The minimum Gasteiger partial charge on any atom is -0.480 e. The summed E-state index contributed by atoms with van der Waals surface area (Å²) in [7, 11) is 0. The second-order valence-corrected chi connectivity index (χ2v) is 5.98. The first kappa shape index (κ1) is 14.2. The molecule has 2 aliphatic rings. The zero-order valence-corrected chi connectivity index (χ0v) is 11.8. The highest BCUT2D eigenvalue weighted by atomic mass is 16.4. The van der Waals surface area contributed by atoms with Crippen molar-refractivity contribution in [1.82, 2.24) is 10.2 Å². The molecule has 5 nitrogen and oxygen atoms in total. The first-order chi connectivity index (χ1) is 9.01. The van der Waals surface area contributed by atoms with E-state index in [0.717, 1.165) is 11.8 Å². The average Bonchev–Trinajstić information content (AvgIpc) is 2.97. The van der Waals surface area contributed by atoms with Gasteiger partial charge in [-0.2, -0.15) is 0 Å². The Morgan fingerprint density at radius 1 is 1.37 bits per heavy atom. The molecule has 108 valence electrons. The van der Waals surface area contributed by atoms with Crippen LogP contribution in [0.25, 0.3) is 0 Å². The van der Waals surface area contributed by atoms with Crippen LogP contribution in [0.2, 0.25) is 0 Å². The van der Waals surface area contributed by atoms with Crippen molar-refractivity contribution in [2.24, 2.45) is 17.8 Å². The minimum atomic E-state index is -0.968. The number of rotatable bonds is 5. The molecule has 0 aliphatic heterocycles. The number of urea groups is 1. The third kappa shape index (κ3) is 3.19. The standard InChI is InChI=1S/C14H24N2O3/c1-3-16(8-13(17)18)14(19)15-9(2)12-7-10-4-5-11(12)6-10/h9-12H,3-8H2,1-2H3,(H,15,19)(H,17,18). The van der Waals surface area contributed by atoms with Gasteiger partial charge in [-0.25, -0.2) is 4.79 Å². The lowest BCUT2D eigenvalue weighted by Crippen LogP contribution is -2.48. The van der Waals surface area contributed by atoms with Crippen molar-refractivity contribution in [3.8, 4) is 0 Å². The molecular formula is C14H24N2O3. The number of carbonyl (C=O) groups is 2. The SMILES string of the molecule is CCN(CC(=O)O)C(=O)NC(C)C1CC2CCC1C2. The van der Waals surface area contributed by atoms with E-state index in [1.54, 1.807) is 6.92 Å². The Balaban J connectivity index is 1.85. The topological polar surface area (TPSA) is 69.6 Å². The molecule has 5 heteroatoms. The van der Waals surface area contributed by atoms with Gasteiger partial charge in [-0.05, 0) is 50.9 Å². The van der Waals surface area contributed by atoms with Gasteiger partial charge in [0.05, 0.1) is 0 Å². The highest BCUT2D eigenvalue weighted by molar-refractivity contribution is 5.80. The van der Waals surface area contributed by atoms with Gasteiger partial charge in [0, 0.05) is 12.6 Å². The molecule has 0 aromatic carbocycles. The van der Waals surface area contributed by atoms with E-state index in [9.17, 15) is 9.59 Å². The lowest BCUT2D eigenvalue weighted by molar-refractivity contribution is -0.137. The van der Waals surface area contributed by atoms with Crippen molar-refractivity contribution in [3.05, 3.63) is 0 Å². The van der Waals surface area contributed by atoms with Gasteiger partial charge < -0.3 is 15.3 Å². The number of carbonyl (C=O) groups excluding carboxylic acids is 1. The summed E-state index contributed by atoms with van der Waals surface area (Å²) < 4.78 is 0. The summed E-state index contributed by atoms with van der Waals surface area (Å²) in [5, 5.41) is 11.8. The molecule has 2 aliphatic carbocycles. The lowest BCUT2D eigenvalue weighted by atomic mass is 9.84. The van der Waals surface area contributed by atoms with E-state index in [2.05, 4.69) is 12.2 Å². The third-order valence-corrected chi connectivity index (χ3v) is 4.78. The summed E-state index contributed by atoms with van der Waals surface area (Å²) in [6.07, 6.45) is 5.18. The van der Waals surface area contributed by atoms with Crippen LogP contribution >= 0.6 is 0 Å². The molecule has 0 spiro atoms. The Bertz CT molecular complexity index is 359. The zero-order valence-electron chi connectivity index (χ0n) is 11.8. The van der Waals surface area contributed by atoms with Gasteiger partial charge in [-0.1, -0.05) is 6.42 Å². The molecule has 4 atom stereocenters. The predicted molar refractivity (Wildman–Crippen MR) is 71.8 cm³/mol. The normalized spacial score (nSPS) is 30.1. The number of aliphatic carboxylic acids is 1.